The standard InChI is InChI=1S/C21H19Cl3F3NO4/c1-3-4-19(31-18-6-5-13(11-28-18)21(25,26)27)32-20-15(12(2)29)9-14(10-16(20)22)30-8-7-17(23)24/h5-7,9-11,19H,3-4,8H2,1-2H3. The molecule has 0 saturated carbocycles. The van der Waals surface area contributed by atoms with Crippen LogP contribution in [0.4, 0.5) is 13.2 Å². The van der Waals surface area contributed by atoms with E-state index in [9.17, 15) is 18.0 Å². The van der Waals surface area contributed by atoms with E-state index in [4.69, 9.17) is 49.0 Å². The molecule has 1 heterocycles. The van der Waals surface area contributed by atoms with Crippen molar-refractivity contribution >= 4 is 40.6 Å². The molecule has 0 spiro atoms. The first-order chi connectivity index (χ1) is 15.0. The number of ketones is 1. The van der Waals surface area contributed by atoms with Crippen molar-refractivity contribution in [3.63, 3.8) is 0 Å². The molecule has 2 aromatic rings. The van der Waals surface area contributed by atoms with Crippen molar-refractivity contribution < 1.29 is 32.2 Å². The number of halogens is 6. The summed E-state index contributed by atoms with van der Waals surface area (Å²) in [5, 5.41) is 0.0822. The largest absolute Gasteiger partial charge is 0.489 e. The number of Topliss-reactive ketones (excluding diaryl/α,β-unsaturated/α-hetero) is 1. The molecule has 1 aromatic carbocycles. The summed E-state index contributed by atoms with van der Waals surface area (Å²) in [4.78, 5) is 15.9. The van der Waals surface area contributed by atoms with Crippen molar-refractivity contribution in [3.05, 3.63) is 57.2 Å². The number of hydrogen-bond acceptors (Lipinski definition) is 5. The predicted molar refractivity (Wildman–Crippen MR) is 116 cm³/mol. The van der Waals surface area contributed by atoms with Gasteiger partial charge in [0.2, 0.25) is 12.2 Å². The van der Waals surface area contributed by atoms with Crippen molar-refractivity contribution in [1.29, 1.82) is 0 Å². The Balaban J connectivity index is 2.25. The Labute approximate surface area is 198 Å². The quantitative estimate of drug-likeness (QED) is 0.248. The summed E-state index contributed by atoms with van der Waals surface area (Å²) >= 11 is 17.4. The van der Waals surface area contributed by atoms with E-state index >= 15 is 0 Å². The number of alkyl halides is 3. The maximum atomic E-state index is 12.7. The molecule has 1 atom stereocenters. The van der Waals surface area contributed by atoms with Gasteiger partial charge in [0, 0.05) is 24.8 Å². The lowest BCUT2D eigenvalue weighted by Gasteiger charge is -2.22. The molecule has 5 nitrogen and oxygen atoms in total. The van der Waals surface area contributed by atoms with Gasteiger partial charge in [0.15, 0.2) is 11.5 Å². The van der Waals surface area contributed by atoms with Crippen LogP contribution in [0, 0.1) is 0 Å². The third-order valence-electron chi connectivity index (χ3n) is 3.97. The number of pyridine rings is 1. The van der Waals surface area contributed by atoms with Crippen molar-refractivity contribution in [2.24, 2.45) is 0 Å². The van der Waals surface area contributed by atoms with Crippen molar-refractivity contribution in [2.45, 2.75) is 39.2 Å². The smallest absolute Gasteiger partial charge is 0.417 e. The van der Waals surface area contributed by atoms with E-state index in [1.54, 1.807) is 0 Å². The lowest BCUT2D eigenvalue weighted by Crippen LogP contribution is -2.25. The normalized spacial score (nSPS) is 12.1. The third-order valence-corrected chi connectivity index (χ3v) is 4.56. The zero-order chi connectivity index (χ0) is 23.9. The summed E-state index contributed by atoms with van der Waals surface area (Å²) in [5.74, 6) is -0.0682. The summed E-state index contributed by atoms with van der Waals surface area (Å²) in [5.41, 5.74) is -0.765. The molecule has 32 heavy (non-hydrogen) atoms. The number of benzene rings is 1. The van der Waals surface area contributed by atoms with Gasteiger partial charge in [0.1, 0.15) is 16.8 Å². The lowest BCUT2D eigenvalue weighted by molar-refractivity contribution is -0.137. The first-order valence-corrected chi connectivity index (χ1v) is 10.5. The Morgan fingerprint density at radius 1 is 1.22 bits per heavy atom. The molecule has 0 bridgehead atoms. The highest BCUT2D eigenvalue weighted by Gasteiger charge is 2.31. The van der Waals surface area contributed by atoms with Crippen molar-refractivity contribution in [3.8, 4) is 17.4 Å². The van der Waals surface area contributed by atoms with Crippen LogP contribution in [0.25, 0.3) is 0 Å². The van der Waals surface area contributed by atoms with Crippen LogP contribution in [0.15, 0.2) is 41.0 Å². The lowest BCUT2D eigenvalue weighted by atomic mass is 10.1. The molecule has 0 amide bonds. The second-order valence-electron chi connectivity index (χ2n) is 6.48. The molecule has 1 unspecified atom stereocenters. The number of ether oxygens (including phenoxy) is 3. The molecule has 0 N–H and O–H groups in total. The molecule has 0 aliphatic carbocycles. The second kappa shape index (κ2) is 11.6. The Bertz CT molecular complexity index is 962. The number of rotatable bonds is 10. The van der Waals surface area contributed by atoms with Gasteiger partial charge < -0.3 is 14.2 Å². The number of aromatic nitrogens is 1. The number of hydrogen-bond donors (Lipinski definition) is 0. The maximum Gasteiger partial charge on any atom is 0.417 e. The molecular formula is C21H19Cl3F3NO4. The van der Waals surface area contributed by atoms with E-state index in [0.717, 1.165) is 12.1 Å². The molecule has 0 radical (unpaired) electrons. The first kappa shape index (κ1) is 26.1. The van der Waals surface area contributed by atoms with Crippen molar-refractivity contribution in [1.82, 2.24) is 4.98 Å². The van der Waals surface area contributed by atoms with Crippen LogP contribution in [-0.2, 0) is 6.18 Å². The Kier molecular flexibility index (Phi) is 9.48. The topological polar surface area (TPSA) is 57.6 Å². The van der Waals surface area contributed by atoms with Gasteiger partial charge in [-0.3, -0.25) is 4.79 Å². The van der Waals surface area contributed by atoms with Crippen LogP contribution in [0.3, 0.4) is 0 Å². The molecule has 0 aliphatic rings. The van der Waals surface area contributed by atoms with Crippen LogP contribution in [0.2, 0.25) is 5.02 Å². The monoisotopic (exact) mass is 511 g/mol. The Morgan fingerprint density at radius 3 is 2.47 bits per heavy atom. The fourth-order valence-corrected chi connectivity index (χ4v) is 2.88. The summed E-state index contributed by atoms with van der Waals surface area (Å²) in [6.45, 7) is 3.24. The molecule has 2 rings (SSSR count). The fraction of sp³-hybridized carbons (Fsp3) is 0.333. The van der Waals surface area contributed by atoms with E-state index < -0.39 is 18.0 Å². The summed E-state index contributed by atoms with van der Waals surface area (Å²) in [6.07, 6.45) is -2.41. The first-order valence-electron chi connectivity index (χ1n) is 9.36. The highest BCUT2D eigenvalue weighted by Crippen LogP contribution is 2.36. The molecule has 0 saturated heterocycles. The van der Waals surface area contributed by atoms with Crippen LogP contribution in [0.1, 0.15) is 42.6 Å². The van der Waals surface area contributed by atoms with Crippen LogP contribution >= 0.6 is 34.8 Å². The minimum atomic E-state index is -4.51. The summed E-state index contributed by atoms with van der Waals surface area (Å²) in [6, 6.07) is 4.83. The van der Waals surface area contributed by atoms with Gasteiger partial charge in [-0.15, -0.1) is 0 Å². The van der Waals surface area contributed by atoms with Gasteiger partial charge in [0.05, 0.1) is 16.1 Å². The highest BCUT2D eigenvalue weighted by atomic mass is 35.5. The van der Waals surface area contributed by atoms with Crippen LogP contribution < -0.4 is 14.2 Å². The van der Waals surface area contributed by atoms with E-state index in [1.165, 1.54) is 25.1 Å². The number of carbonyl (C=O) groups is 1. The Morgan fingerprint density at radius 2 is 1.94 bits per heavy atom. The molecule has 0 fully saturated rings. The van der Waals surface area contributed by atoms with Crippen molar-refractivity contribution in [2.75, 3.05) is 6.61 Å². The van der Waals surface area contributed by atoms with E-state index in [0.29, 0.717) is 19.0 Å². The minimum Gasteiger partial charge on any atom is -0.489 e. The fourth-order valence-electron chi connectivity index (χ4n) is 2.50. The zero-order valence-corrected chi connectivity index (χ0v) is 19.3. The summed E-state index contributed by atoms with van der Waals surface area (Å²) < 4.78 is 55.1. The maximum absolute atomic E-state index is 12.7. The SMILES string of the molecule is CCCC(Oc1ccc(C(F)(F)F)cn1)Oc1c(Cl)cc(OCC=C(Cl)Cl)cc1C(C)=O. The van der Waals surface area contributed by atoms with Gasteiger partial charge >= 0.3 is 6.18 Å². The van der Waals surface area contributed by atoms with E-state index in [1.807, 2.05) is 6.92 Å². The van der Waals surface area contributed by atoms with Gasteiger partial charge in [-0.2, -0.15) is 13.2 Å². The average molecular weight is 513 g/mol. The van der Waals surface area contributed by atoms with Crippen LogP contribution in [0.5, 0.6) is 17.4 Å². The average Bonchev–Trinajstić information content (AvgIpc) is 2.69. The van der Waals surface area contributed by atoms with Gasteiger partial charge in [-0.25, -0.2) is 4.98 Å². The van der Waals surface area contributed by atoms with E-state index in [2.05, 4.69) is 4.98 Å². The van der Waals surface area contributed by atoms with Gasteiger partial charge in [-0.1, -0.05) is 41.7 Å². The van der Waals surface area contributed by atoms with Crippen LogP contribution in [-0.4, -0.2) is 23.7 Å². The molecule has 0 aliphatic heterocycles. The van der Waals surface area contributed by atoms with Gasteiger partial charge in [0.25, 0.3) is 0 Å². The minimum absolute atomic E-state index is 0.0271. The summed E-state index contributed by atoms with van der Waals surface area (Å²) in [7, 11) is 0. The molecule has 11 heteroatoms. The third kappa shape index (κ3) is 7.76. The highest BCUT2D eigenvalue weighted by molar-refractivity contribution is 6.55. The zero-order valence-electron chi connectivity index (χ0n) is 17.0. The Hall–Kier alpha value is -2.16. The molecular weight excluding hydrogens is 494 g/mol. The number of carbonyl (C=O) groups excluding carboxylic acids is 1. The van der Waals surface area contributed by atoms with E-state index in [-0.39, 0.29) is 44.8 Å². The molecule has 1 aromatic heterocycles. The number of nitrogens with zero attached hydrogens (tertiary/aromatic N) is 1. The second-order valence-corrected chi connectivity index (χ2v) is 7.89. The van der Waals surface area contributed by atoms with Gasteiger partial charge in [-0.05, 0) is 31.6 Å². The predicted octanol–water partition coefficient (Wildman–Crippen LogP) is 7.24. The molecule has 174 valence electrons.